The Bertz CT molecular complexity index is 594. The number of hydrogen-bond acceptors (Lipinski definition) is 3. The third-order valence-corrected chi connectivity index (χ3v) is 5.71. The fourth-order valence-corrected chi connectivity index (χ4v) is 4.39. The smallest absolute Gasteiger partial charge is 0.241 e. The highest BCUT2D eigenvalue weighted by atomic mass is 32.2. The summed E-state index contributed by atoms with van der Waals surface area (Å²) in [7, 11) is -3.71. The maximum atomic E-state index is 13.9. The van der Waals surface area contributed by atoms with Crippen molar-refractivity contribution in [3.8, 4) is 0 Å². The molecule has 4 nitrogen and oxygen atoms in total. The average molecular weight is 314 g/mol. The third kappa shape index (κ3) is 4.02. The van der Waals surface area contributed by atoms with Gasteiger partial charge in [0.1, 0.15) is 5.82 Å². The SMILES string of the molecule is Cc1c(F)cc(CN)cc1S(=O)(=O)NC1CCCCCC1. The largest absolute Gasteiger partial charge is 0.326 e. The van der Waals surface area contributed by atoms with E-state index in [1.165, 1.54) is 19.1 Å². The van der Waals surface area contributed by atoms with Crippen LogP contribution in [0.15, 0.2) is 17.0 Å². The van der Waals surface area contributed by atoms with E-state index in [1.54, 1.807) is 0 Å². The Hall–Kier alpha value is -0.980. The summed E-state index contributed by atoms with van der Waals surface area (Å²) in [5, 5.41) is 0. The number of nitrogens with one attached hydrogen (secondary N) is 1. The summed E-state index contributed by atoms with van der Waals surface area (Å²) in [5.41, 5.74) is 6.14. The van der Waals surface area contributed by atoms with E-state index < -0.39 is 15.8 Å². The molecule has 1 aliphatic rings. The Labute approximate surface area is 126 Å². The maximum absolute atomic E-state index is 13.9. The van der Waals surface area contributed by atoms with Gasteiger partial charge in [0.05, 0.1) is 4.90 Å². The predicted molar refractivity (Wildman–Crippen MR) is 80.8 cm³/mol. The van der Waals surface area contributed by atoms with Crippen molar-refractivity contribution in [3.05, 3.63) is 29.1 Å². The number of sulfonamides is 1. The van der Waals surface area contributed by atoms with Crippen molar-refractivity contribution in [2.24, 2.45) is 5.73 Å². The molecule has 0 spiro atoms. The van der Waals surface area contributed by atoms with Gasteiger partial charge in [0.25, 0.3) is 0 Å². The van der Waals surface area contributed by atoms with Crippen molar-refractivity contribution in [1.29, 1.82) is 0 Å². The highest BCUT2D eigenvalue weighted by Gasteiger charge is 2.24. The van der Waals surface area contributed by atoms with Gasteiger partial charge >= 0.3 is 0 Å². The molecule has 1 aliphatic carbocycles. The minimum absolute atomic E-state index is 0.00666. The molecule has 21 heavy (non-hydrogen) atoms. The number of nitrogens with two attached hydrogens (primary N) is 1. The van der Waals surface area contributed by atoms with Crippen molar-refractivity contribution in [1.82, 2.24) is 4.72 Å². The normalized spacial score (nSPS) is 17.7. The summed E-state index contributed by atoms with van der Waals surface area (Å²) < 4.78 is 41.7. The third-order valence-electron chi connectivity index (χ3n) is 4.06. The lowest BCUT2D eigenvalue weighted by molar-refractivity contribution is 0.508. The fourth-order valence-electron chi connectivity index (χ4n) is 2.78. The summed E-state index contributed by atoms with van der Waals surface area (Å²) in [5.74, 6) is -0.529. The Morgan fingerprint density at radius 3 is 2.43 bits per heavy atom. The molecule has 3 N–H and O–H groups in total. The van der Waals surface area contributed by atoms with Gasteiger partial charge in [-0.25, -0.2) is 17.5 Å². The van der Waals surface area contributed by atoms with E-state index in [0.717, 1.165) is 38.5 Å². The van der Waals surface area contributed by atoms with Crippen molar-refractivity contribution in [3.63, 3.8) is 0 Å². The first-order valence-electron chi connectivity index (χ1n) is 7.45. The van der Waals surface area contributed by atoms with Crippen LogP contribution in [0.3, 0.4) is 0 Å². The van der Waals surface area contributed by atoms with Gasteiger partial charge in [0.2, 0.25) is 10.0 Å². The first-order valence-corrected chi connectivity index (χ1v) is 8.94. The molecule has 1 aromatic rings. The molecule has 2 rings (SSSR count). The Kier molecular flexibility index (Phi) is 5.35. The zero-order valence-corrected chi connectivity index (χ0v) is 13.2. The van der Waals surface area contributed by atoms with Crippen molar-refractivity contribution in [2.45, 2.75) is 62.9 Å². The van der Waals surface area contributed by atoms with Gasteiger partial charge in [-0.2, -0.15) is 0 Å². The van der Waals surface area contributed by atoms with Gasteiger partial charge in [-0.3, -0.25) is 0 Å². The first-order chi connectivity index (χ1) is 9.94. The van der Waals surface area contributed by atoms with Gasteiger partial charge in [-0.1, -0.05) is 25.7 Å². The number of hydrogen-bond donors (Lipinski definition) is 2. The van der Waals surface area contributed by atoms with Crippen molar-refractivity contribution in [2.75, 3.05) is 0 Å². The Morgan fingerprint density at radius 2 is 1.86 bits per heavy atom. The van der Waals surface area contributed by atoms with Crippen LogP contribution >= 0.6 is 0 Å². The quantitative estimate of drug-likeness (QED) is 0.839. The number of halogens is 1. The molecule has 0 bridgehead atoms. The summed E-state index contributed by atoms with van der Waals surface area (Å²) in [4.78, 5) is 0.00666. The molecule has 0 aliphatic heterocycles. The predicted octanol–water partition coefficient (Wildman–Crippen LogP) is 2.59. The van der Waals surface area contributed by atoms with Gasteiger partial charge in [0.15, 0.2) is 0 Å². The van der Waals surface area contributed by atoms with E-state index in [9.17, 15) is 12.8 Å². The van der Waals surface area contributed by atoms with E-state index in [4.69, 9.17) is 5.73 Å². The van der Waals surface area contributed by atoms with Crippen LogP contribution in [0, 0.1) is 12.7 Å². The number of benzene rings is 1. The monoisotopic (exact) mass is 314 g/mol. The second-order valence-electron chi connectivity index (χ2n) is 5.71. The standard InChI is InChI=1S/C15H23FN2O2S/c1-11-14(16)8-12(10-17)9-15(11)21(19,20)18-13-6-4-2-3-5-7-13/h8-9,13,18H,2-7,10,17H2,1H3. The summed E-state index contributed by atoms with van der Waals surface area (Å²) >= 11 is 0. The summed E-state index contributed by atoms with van der Waals surface area (Å²) in [6.07, 6.45) is 6.05. The highest BCUT2D eigenvalue weighted by molar-refractivity contribution is 7.89. The molecule has 1 fully saturated rings. The molecule has 1 saturated carbocycles. The summed E-state index contributed by atoms with van der Waals surface area (Å²) in [6, 6.07) is 2.71. The van der Waals surface area contributed by atoms with Crippen LogP contribution in [0.1, 0.15) is 49.7 Å². The second-order valence-corrected chi connectivity index (χ2v) is 7.40. The zero-order valence-electron chi connectivity index (χ0n) is 12.4. The second kappa shape index (κ2) is 6.85. The number of rotatable bonds is 4. The molecular formula is C15H23FN2O2S. The lowest BCUT2D eigenvalue weighted by atomic mass is 10.1. The van der Waals surface area contributed by atoms with Gasteiger partial charge < -0.3 is 5.73 Å². The molecule has 118 valence electrons. The summed E-state index contributed by atoms with van der Waals surface area (Å²) in [6.45, 7) is 1.60. The lowest BCUT2D eigenvalue weighted by Crippen LogP contribution is -2.35. The topological polar surface area (TPSA) is 72.2 Å². The zero-order chi connectivity index (χ0) is 15.5. The molecular weight excluding hydrogens is 291 g/mol. The minimum atomic E-state index is -3.71. The van der Waals surface area contributed by atoms with E-state index in [1.807, 2.05) is 0 Å². The van der Waals surface area contributed by atoms with E-state index in [2.05, 4.69) is 4.72 Å². The molecule has 0 atom stereocenters. The van der Waals surface area contributed by atoms with Crippen molar-refractivity contribution >= 4 is 10.0 Å². The first kappa shape index (κ1) is 16.4. The van der Waals surface area contributed by atoms with Crippen LogP contribution < -0.4 is 10.5 Å². The molecule has 6 heteroatoms. The van der Waals surface area contributed by atoms with E-state index in [0.29, 0.717) is 5.56 Å². The highest BCUT2D eigenvalue weighted by Crippen LogP contribution is 2.23. The van der Waals surface area contributed by atoms with Gasteiger partial charge in [-0.15, -0.1) is 0 Å². The van der Waals surface area contributed by atoms with Crippen LogP contribution in [0.2, 0.25) is 0 Å². The average Bonchev–Trinajstić information content (AvgIpc) is 2.69. The van der Waals surface area contributed by atoms with Crippen LogP contribution in [-0.2, 0) is 16.6 Å². The molecule has 0 heterocycles. The molecule has 0 amide bonds. The Morgan fingerprint density at radius 1 is 1.24 bits per heavy atom. The Balaban J connectivity index is 2.28. The van der Waals surface area contributed by atoms with Gasteiger partial charge in [-0.05, 0) is 37.5 Å². The fraction of sp³-hybridized carbons (Fsp3) is 0.600. The maximum Gasteiger partial charge on any atom is 0.241 e. The van der Waals surface area contributed by atoms with Crippen LogP contribution in [0.5, 0.6) is 0 Å². The molecule has 1 aromatic carbocycles. The van der Waals surface area contributed by atoms with Gasteiger partial charge in [0, 0.05) is 18.2 Å². The van der Waals surface area contributed by atoms with Crippen LogP contribution in [0.4, 0.5) is 4.39 Å². The molecule has 0 saturated heterocycles. The molecule has 0 aromatic heterocycles. The molecule has 0 radical (unpaired) electrons. The van der Waals surface area contributed by atoms with E-state index in [-0.39, 0.29) is 23.0 Å². The van der Waals surface area contributed by atoms with Crippen molar-refractivity contribution < 1.29 is 12.8 Å². The van der Waals surface area contributed by atoms with Crippen LogP contribution in [-0.4, -0.2) is 14.5 Å². The van der Waals surface area contributed by atoms with Crippen LogP contribution in [0.25, 0.3) is 0 Å². The lowest BCUT2D eigenvalue weighted by Gasteiger charge is -2.18. The van der Waals surface area contributed by atoms with E-state index >= 15 is 0 Å². The molecule has 0 unspecified atom stereocenters. The minimum Gasteiger partial charge on any atom is -0.326 e.